The van der Waals surface area contributed by atoms with Crippen LogP contribution in [0.3, 0.4) is 0 Å². The molecule has 0 radical (unpaired) electrons. The first kappa shape index (κ1) is 13.0. The predicted molar refractivity (Wildman–Crippen MR) is 62.8 cm³/mol. The molecule has 1 heterocycles. The molecule has 3 unspecified atom stereocenters. The predicted octanol–water partition coefficient (Wildman–Crippen LogP) is 1.16. The third-order valence-electron chi connectivity index (χ3n) is 3.41. The fourth-order valence-electron chi connectivity index (χ4n) is 2.06. The summed E-state index contributed by atoms with van der Waals surface area (Å²) in [4.78, 5) is 25.7. The molecule has 1 saturated heterocycles. The van der Waals surface area contributed by atoms with Gasteiger partial charge >= 0.3 is 0 Å². The molecule has 1 aliphatic rings. The maximum absolute atomic E-state index is 12.1. The molecule has 4 heteroatoms. The van der Waals surface area contributed by atoms with Gasteiger partial charge in [-0.1, -0.05) is 20.8 Å². The van der Waals surface area contributed by atoms with E-state index in [0.29, 0.717) is 12.3 Å². The molecular formula is C12H22N2O2. The number of nitrogens with zero attached hydrogens (tertiary/aromatic N) is 1. The van der Waals surface area contributed by atoms with Crippen LogP contribution in [0, 0.1) is 5.92 Å². The van der Waals surface area contributed by atoms with Crippen LogP contribution in [0.2, 0.25) is 0 Å². The Morgan fingerprint density at radius 3 is 2.31 bits per heavy atom. The highest BCUT2D eigenvalue weighted by atomic mass is 16.2. The zero-order chi connectivity index (χ0) is 12.5. The van der Waals surface area contributed by atoms with Crippen molar-refractivity contribution in [1.82, 2.24) is 10.2 Å². The number of hydrogen-bond acceptors (Lipinski definition) is 2. The summed E-state index contributed by atoms with van der Waals surface area (Å²) in [5.74, 6) is 0.367. The smallest absolute Gasteiger partial charge is 0.245 e. The zero-order valence-electron chi connectivity index (χ0n) is 10.8. The minimum Gasteiger partial charge on any atom is -0.343 e. The maximum Gasteiger partial charge on any atom is 0.245 e. The van der Waals surface area contributed by atoms with Crippen LogP contribution >= 0.6 is 0 Å². The molecule has 16 heavy (non-hydrogen) atoms. The van der Waals surface area contributed by atoms with Crippen molar-refractivity contribution >= 4 is 11.8 Å². The van der Waals surface area contributed by atoms with Gasteiger partial charge in [0.15, 0.2) is 0 Å². The van der Waals surface area contributed by atoms with Gasteiger partial charge in [0.25, 0.3) is 0 Å². The van der Waals surface area contributed by atoms with Gasteiger partial charge in [0, 0.05) is 6.04 Å². The Balaban J connectivity index is 2.98. The van der Waals surface area contributed by atoms with Crippen LogP contribution in [0.1, 0.15) is 41.0 Å². The fraction of sp³-hybridized carbons (Fsp3) is 0.833. The van der Waals surface area contributed by atoms with E-state index in [0.717, 1.165) is 0 Å². The first-order valence-corrected chi connectivity index (χ1v) is 6.02. The second-order valence-corrected chi connectivity index (χ2v) is 4.88. The van der Waals surface area contributed by atoms with Crippen LogP contribution in [-0.2, 0) is 9.59 Å². The summed E-state index contributed by atoms with van der Waals surface area (Å²) in [6, 6.07) is -0.594. The molecule has 3 atom stereocenters. The maximum atomic E-state index is 12.1. The van der Waals surface area contributed by atoms with Crippen LogP contribution in [0.15, 0.2) is 0 Å². The minimum absolute atomic E-state index is 0.0258. The number of carbonyl (C=O) groups excluding carboxylic acids is 2. The zero-order valence-corrected chi connectivity index (χ0v) is 10.8. The van der Waals surface area contributed by atoms with Crippen molar-refractivity contribution in [3.05, 3.63) is 0 Å². The van der Waals surface area contributed by atoms with Crippen molar-refractivity contribution in [1.29, 1.82) is 0 Å². The van der Waals surface area contributed by atoms with Gasteiger partial charge in [-0.2, -0.15) is 0 Å². The Hall–Kier alpha value is -1.06. The lowest BCUT2D eigenvalue weighted by Gasteiger charge is -2.42. The average molecular weight is 226 g/mol. The van der Waals surface area contributed by atoms with Crippen molar-refractivity contribution in [2.45, 2.75) is 59.2 Å². The number of amides is 2. The molecule has 0 aliphatic carbocycles. The van der Waals surface area contributed by atoms with Crippen molar-refractivity contribution < 1.29 is 9.59 Å². The molecule has 4 nitrogen and oxygen atoms in total. The Labute approximate surface area is 97.4 Å². The number of carbonyl (C=O) groups is 2. The summed E-state index contributed by atoms with van der Waals surface area (Å²) in [7, 11) is 0. The van der Waals surface area contributed by atoms with Crippen LogP contribution < -0.4 is 5.32 Å². The highest BCUT2D eigenvalue weighted by Gasteiger charge is 2.40. The Bertz CT molecular complexity index is 289. The molecule has 1 fully saturated rings. The number of nitrogens with one attached hydrogen (secondary N) is 1. The Morgan fingerprint density at radius 1 is 1.31 bits per heavy atom. The van der Waals surface area contributed by atoms with E-state index in [2.05, 4.69) is 19.2 Å². The SMILES string of the molecule is CCC1C(=O)NC(C)C(=O)N1C(C)C(C)C. The van der Waals surface area contributed by atoms with E-state index in [9.17, 15) is 9.59 Å². The summed E-state index contributed by atoms with van der Waals surface area (Å²) < 4.78 is 0. The lowest BCUT2D eigenvalue weighted by Crippen LogP contribution is -2.65. The van der Waals surface area contributed by atoms with Crippen LogP contribution in [0.4, 0.5) is 0 Å². The molecule has 0 aromatic heterocycles. The van der Waals surface area contributed by atoms with Gasteiger partial charge in [0.2, 0.25) is 11.8 Å². The Morgan fingerprint density at radius 2 is 1.88 bits per heavy atom. The molecule has 1 N–H and O–H groups in total. The standard InChI is InChI=1S/C12H22N2O2/c1-6-10-11(15)13-8(4)12(16)14(10)9(5)7(2)3/h7-10H,6H2,1-5H3,(H,13,15). The molecule has 0 spiro atoms. The topological polar surface area (TPSA) is 49.4 Å². The lowest BCUT2D eigenvalue weighted by atomic mass is 9.97. The highest BCUT2D eigenvalue weighted by Crippen LogP contribution is 2.20. The van der Waals surface area contributed by atoms with Crippen molar-refractivity contribution in [3.63, 3.8) is 0 Å². The van der Waals surface area contributed by atoms with Gasteiger partial charge in [-0.25, -0.2) is 0 Å². The third-order valence-corrected chi connectivity index (χ3v) is 3.41. The molecule has 0 aromatic carbocycles. The van der Waals surface area contributed by atoms with Gasteiger partial charge in [-0.15, -0.1) is 0 Å². The van der Waals surface area contributed by atoms with E-state index in [1.54, 1.807) is 11.8 Å². The number of rotatable bonds is 3. The summed E-state index contributed by atoms with van der Waals surface area (Å²) in [6.45, 7) is 9.83. The number of piperazine rings is 1. The Kier molecular flexibility index (Phi) is 3.94. The molecule has 92 valence electrons. The molecule has 0 saturated carbocycles. The molecule has 0 bridgehead atoms. The second-order valence-electron chi connectivity index (χ2n) is 4.88. The average Bonchev–Trinajstić information content (AvgIpc) is 2.21. The van der Waals surface area contributed by atoms with E-state index in [4.69, 9.17) is 0 Å². The van der Waals surface area contributed by atoms with E-state index in [1.165, 1.54) is 0 Å². The van der Waals surface area contributed by atoms with Crippen LogP contribution in [-0.4, -0.2) is 34.8 Å². The van der Waals surface area contributed by atoms with Gasteiger partial charge in [-0.3, -0.25) is 9.59 Å². The summed E-state index contributed by atoms with van der Waals surface area (Å²) in [5, 5.41) is 2.72. The van der Waals surface area contributed by atoms with Gasteiger partial charge < -0.3 is 10.2 Å². The quantitative estimate of drug-likeness (QED) is 0.785. The lowest BCUT2D eigenvalue weighted by molar-refractivity contribution is -0.152. The largest absolute Gasteiger partial charge is 0.343 e. The monoisotopic (exact) mass is 226 g/mol. The van der Waals surface area contributed by atoms with E-state index in [1.807, 2.05) is 13.8 Å². The minimum atomic E-state index is -0.392. The summed E-state index contributed by atoms with van der Waals surface area (Å²) >= 11 is 0. The molecule has 0 aromatic rings. The van der Waals surface area contributed by atoms with Gasteiger partial charge in [-0.05, 0) is 26.2 Å². The van der Waals surface area contributed by atoms with Crippen LogP contribution in [0.25, 0.3) is 0 Å². The van der Waals surface area contributed by atoms with E-state index >= 15 is 0 Å². The first-order chi connectivity index (χ1) is 7.40. The van der Waals surface area contributed by atoms with Crippen molar-refractivity contribution in [2.24, 2.45) is 5.92 Å². The summed E-state index contributed by atoms with van der Waals surface area (Å²) in [6.07, 6.45) is 0.668. The molecule has 1 rings (SSSR count). The molecule has 1 aliphatic heterocycles. The third kappa shape index (κ3) is 2.20. The molecule has 2 amide bonds. The van der Waals surface area contributed by atoms with Crippen molar-refractivity contribution in [2.75, 3.05) is 0 Å². The van der Waals surface area contributed by atoms with E-state index < -0.39 is 6.04 Å². The van der Waals surface area contributed by atoms with Gasteiger partial charge in [0.05, 0.1) is 0 Å². The van der Waals surface area contributed by atoms with Gasteiger partial charge in [0.1, 0.15) is 12.1 Å². The van der Waals surface area contributed by atoms with Crippen molar-refractivity contribution in [3.8, 4) is 0 Å². The molecular weight excluding hydrogens is 204 g/mol. The second kappa shape index (κ2) is 4.85. The fourth-order valence-corrected chi connectivity index (χ4v) is 2.06. The van der Waals surface area contributed by atoms with E-state index in [-0.39, 0.29) is 23.9 Å². The first-order valence-electron chi connectivity index (χ1n) is 6.02. The highest BCUT2D eigenvalue weighted by molar-refractivity contribution is 5.96. The summed E-state index contributed by atoms with van der Waals surface area (Å²) in [5.41, 5.74) is 0. The van der Waals surface area contributed by atoms with Crippen LogP contribution in [0.5, 0.6) is 0 Å². The normalized spacial score (nSPS) is 28.2. The number of hydrogen-bond donors (Lipinski definition) is 1.